The Morgan fingerprint density at radius 1 is 0.962 bits per heavy atom. The van der Waals surface area contributed by atoms with Gasteiger partial charge in [0, 0.05) is 38.9 Å². The van der Waals surface area contributed by atoms with Crippen molar-refractivity contribution < 1.29 is 14.4 Å². The molecule has 0 radical (unpaired) electrons. The summed E-state index contributed by atoms with van der Waals surface area (Å²) < 4.78 is 0. The van der Waals surface area contributed by atoms with E-state index in [2.05, 4.69) is 16.3 Å². The molecule has 3 rings (SSSR count). The van der Waals surface area contributed by atoms with Crippen LogP contribution in [0.3, 0.4) is 0 Å². The molecule has 6 heteroatoms. The van der Waals surface area contributed by atoms with Gasteiger partial charge in [-0.1, -0.05) is 30.7 Å². The van der Waals surface area contributed by atoms with E-state index in [9.17, 15) is 14.4 Å². The molecular formula is C20H27N3O3. The highest BCUT2D eigenvalue weighted by Crippen LogP contribution is 2.16. The fourth-order valence-electron chi connectivity index (χ4n) is 3.61. The Labute approximate surface area is 154 Å². The average Bonchev–Trinajstić information content (AvgIpc) is 2.98. The lowest BCUT2D eigenvalue weighted by Gasteiger charge is -2.27. The maximum atomic E-state index is 12.1. The lowest BCUT2D eigenvalue weighted by Crippen LogP contribution is -2.34. The van der Waals surface area contributed by atoms with Crippen molar-refractivity contribution in [3.63, 3.8) is 0 Å². The number of carbonyl (C=O) groups is 3. The van der Waals surface area contributed by atoms with E-state index in [4.69, 9.17) is 0 Å². The number of hydrogen-bond donors (Lipinski definition) is 1. The van der Waals surface area contributed by atoms with Gasteiger partial charge in [-0.25, -0.2) is 0 Å². The minimum atomic E-state index is -0.172. The van der Waals surface area contributed by atoms with Crippen LogP contribution >= 0.6 is 0 Å². The monoisotopic (exact) mass is 357 g/mol. The zero-order valence-electron chi connectivity index (χ0n) is 15.2. The van der Waals surface area contributed by atoms with Crippen molar-refractivity contribution in [1.29, 1.82) is 0 Å². The summed E-state index contributed by atoms with van der Waals surface area (Å²) in [6, 6.07) is 8.20. The average molecular weight is 357 g/mol. The quantitative estimate of drug-likeness (QED) is 0.756. The second-order valence-corrected chi connectivity index (χ2v) is 7.07. The van der Waals surface area contributed by atoms with E-state index in [-0.39, 0.29) is 43.5 Å². The molecule has 0 aliphatic carbocycles. The van der Waals surface area contributed by atoms with Gasteiger partial charge in [-0.2, -0.15) is 0 Å². The first-order valence-corrected chi connectivity index (χ1v) is 9.52. The van der Waals surface area contributed by atoms with Crippen LogP contribution in [0.15, 0.2) is 24.3 Å². The lowest BCUT2D eigenvalue weighted by molar-refractivity contribution is -0.138. The molecule has 1 aromatic rings. The van der Waals surface area contributed by atoms with Gasteiger partial charge in [-0.3, -0.25) is 24.2 Å². The van der Waals surface area contributed by atoms with Crippen molar-refractivity contribution >= 4 is 17.7 Å². The fraction of sp³-hybridized carbons (Fsp3) is 0.550. The lowest BCUT2D eigenvalue weighted by atomic mass is 10.0. The molecule has 1 aromatic carbocycles. The van der Waals surface area contributed by atoms with Crippen LogP contribution < -0.4 is 5.32 Å². The number of rotatable bonds is 7. The molecule has 2 heterocycles. The Hall–Kier alpha value is -2.21. The van der Waals surface area contributed by atoms with Gasteiger partial charge in [0.15, 0.2) is 0 Å². The van der Waals surface area contributed by atoms with Crippen LogP contribution in [0.5, 0.6) is 0 Å². The minimum Gasteiger partial charge on any atom is -0.352 e. The van der Waals surface area contributed by atoms with E-state index < -0.39 is 0 Å². The number of likely N-dealkylation sites (tertiary alicyclic amines) is 2. The summed E-state index contributed by atoms with van der Waals surface area (Å²) in [5, 5.41) is 2.92. The van der Waals surface area contributed by atoms with Gasteiger partial charge >= 0.3 is 0 Å². The largest absolute Gasteiger partial charge is 0.352 e. The van der Waals surface area contributed by atoms with Gasteiger partial charge < -0.3 is 5.32 Å². The third-order valence-electron chi connectivity index (χ3n) is 5.15. The van der Waals surface area contributed by atoms with Crippen LogP contribution in [0, 0.1) is 0 Å². The number of carbonyl (C=O) groups excluding carboxylic acids is 3. The number of hydrogen-bond acceptors (Lipinski definition) is 4. The molecule has 0 spiro atoms. The zero-order chi connectivity index (χ0) is 18.4. The topological polar surface area (TPSA) is 69.7 Å². The molecule has 6 nitrogen and oxygen atoms in total. The minimum absolute atomic E-state index is 0.134. The number of benzene rings is 1. The Balaban J connectivity index is 1.48. The molecule has 0 unspecified atom stereocenters. The Bertz CT molecular complexity index is 652. The molecule has 3 amide bonds. The highest BCUT2D eigenvalue weighted by molar-refractivity contribution is 6.02. The molecule has 0 saturated carbocycles. The van der Waals surface area contributed by atoms with Crippen LogP contribution in [0.1, 0.15) is 49.7 Å². The van der Waals surface area contributed by atoms with E-state index in [0.29, 0.717) is 6.54 Å². The third kappa shape index (κ3) is 4.91. The molecule has 2 aliphatic heterocycles. The van der Waals surface area contributed by atoms with Crippen LogP contribution in [0.4, 0.5) is 0 Å². The number of amides is 3. The number of imide groups is 1. The number of nitrogens with one attached hydrogen (secondary N) is 1. The predicted molar refractivity (Wildman–Crippen MR) is 98.0 cm³/mol. The second kappa shape index (κ2) is 8.94. The van der Waals surface area contributed by atoms with Crippen molar-refractivity contribution in [3.8, 4) is 0 Å². The molecule has 2 aliphatic rings. The maximum absolute atomic E-state index is 12.1. The summed E-state index contributed by atoms with van der Waals surface area (Å²) in [5.74, 6) is -0.477. The van der Waals surface area contributed by atoms with Crippen molar-refractivity contribution in [1.82, 2.24) is 15.1 Å². The molecule has 0 aromatic heterocycles. The first-order chi connectivity index (χ1) is 12.6. The van der Waals surface area contributed by atoms with Gasteiger partial charge in [0.1, 0.15) is 0 Å². The highest BCUT2D eigenvalue weighted by atomic mass is 16.2. The fourth-order valence-corrected chi connectivity index (χ4v) is 3.61. The van der Waals surface area contributed by atoms with Crippen molar-refractivity contribution in [3.05, 3.63) is 35.4 Å². The summed E-state index contributed by atoms with van der Waals surface area (Å²) in [6.07, 6.45) is 4.52. The van der Waals surface area contributed by atoms with Gasteiger partial charge in [-0.15, -0.1) is 0 Å². The Morgan fingerprint density at radius 2 is 1.62 bits per heavy atom. The summed E-state index contributed by atoms with van der Waals surface area (Å²) in [4.78, 5) is 38.9. The standard InChI is InChI=1S/C20H27N3O3/c24-18(10-13-23-19(25)8-9-20(23)26)21-14-16-6-2-3-7-17(16)15-22-11-4-1-5-12-22/h2-3,6-7H,1,4-5,8-15H2,(H,21,24). The molecule has 26 heavy (non-hydrogen) atoms. The van der Waals surface area contributed by atoms with Gasteiger partial charge in [0.25, 0.3) is 0 Å². The van der Waals surface area contributed by atoms with Crippen LogP contribution in [0.25, 0.3) is 0 Å². The molecule has 0 atom stereocenters. The predicted octanol–water partition coefficient (Wildman–Crippen LogP) is 1.83. The molecule has 140 valence electrons. The van der Waals surface area contributed by atoms with Gasteiger partial charge in [0.2, 0.25) is 17.7 Å². The molecule has 2 fully saturated rings. The zero-order valence-corrected chi connectivity index (χ0v) is 15.2. The van der Waals surface area contributed by atoms with Crippen molar-refractivity contribution in [2.75, 3.05) is 19.6 Å². The van der Waals surface area contributed by atoms with Crippen LogP contribution in [-0.4, -0.2) is 47.2 Å². The molecular weight excluding hydrogens is 330 g/mol. The SMILES string of the molecule is O=C(CCN1C(=O)CCC1=O)NCc1ccccc1CN1CCCCC1. The van der Waals surface area contributed by atoms with E-state index in [1.165, 1.54) is 29.7 Å². The van der Waals surface area contributed by atoms with Gasteiger partial charge in [-0.05, 0) is 37.1 Å². The summed E-state index contributed by atoms with van der Waals surface area (Å²) in [6.45, 7) is 3.85. The summed E-state index contributed by atoms with van der Waals surface area (Å²) in [5.41, 5.74) is 2.37. The maximum Gasteiger partial charge on any atom is 0.229 e. The van der Waals surface area contributed by atoms with E-state index in [1.807, 2.05) is 18.2 Å². The van der Waals surface area contributed by atoms with Gasteiger partial charge in [0.05, 0.1) is 0 Å². The van der Waals surface area contributed by atoms with E-state index in [0.717, 1.165) is 25.2 Å². The Kier molecular flexibility index (Phi) is 6.39. The van der Waals surface area contributed by atoms with Crippen LogP contribution in [0.2, 0.25) is 0 Å². The highest BCUT2D eigenvalue weighted by Gasteiger charge is 2.28. The molecule has 1 N–H and O–H groups in total. The summed E-state index contributed by atoms with van der Waals surface area (Å²) >= 11 is 0. The Morgan fingerprint density at radius 3 is 2.31 bits per heavy atom. The first-order valence-electron chi connectivity index (χ1n) is 9.52. The van der Waals surface area contributed by atoms with E-state index >= 15 is 0 Å². The van der Waals surface area contributed by atoms with E-state index in [1.54, 1.807) is 0 Å². The normalized spacial score (nSPS) is 18.4. The smallest absolute Gasteiger partial charge is 0.229 e. The van der Waals surface area contributed by atoms with Crippen LogP contribution in [-0.2, 0) is 27.5 Å². The third-order valence-corrected chi connectivity index (χ3v) is 5.15. The molecule has 0 bridgehead atoms. The number of nitrogens with zero attached hydrogens (tertiary/aromatic N) is 2. The first kappa shape index (κ1) is 18.6. The summed E-state index contributed by atoms with van der Waals surface area (Å²) in [7, 11) is 0. The van der Waals surface area contributed by atoms with Crippen molar-refractivity contribution in [2.24, 2.45) is 0 Å². The second-order valence-electron chi connectivity index (χ2n) is 7.07. The van der Waals surface area contributed by atoms with Crippen molar-refractivity contribution in [2.45, 2.75) is 51.6 Å². The number of piperidine rings is 1. The molecule has 2 saturated heterocycles.